The van der Waals surface area contributed by atoms with Crippen molar-refractivity contribution in [3.63, 3.8) is 0 Å². The van der Waals surface area contributed by atoms with E-state index in [1.165, 1.54) is 17.1 Å². The molecule has 0 atom stereocenters. The average Bonchev–Trinajstić information content (AvgIpc) is 2.73. The van der Waals surface area contributed by atoms with Gasteiger partial charge in [0.25, 0.3) is 0 Å². The summed E-state index contributed by atoms with van der Waals surface area (Å²) in [7, 11) is 1.61. The standard InChI is InChI=1S/C11H9F3N4O2/c1-18-5-6(4-15-18)16-9-7(10(19)20)2-3-8(17-9)11(12,13)14/h2-5H,1H3,(H,16,17)(H,19,20). The van der Waals surface area contributed by atoms with E-state index in [2.05, 4.69) is 15.4 Å². The van der Waals surface area contributed by atoms with E-state index in [4.69, 9.17) is 5.11 Å². The molecule has 0 aliphatic rings. The van der Waals surface area contributed by atoms with Crippen molar-refractivity contribution in [3.05, 3.63) is 35.8 Å². The van der Waals surface area contributed by atoms with Crippen molar-refractivity contribution in [1.29, 1.82) is 0 Å². The number of alkyl halides is 3. The Morgan fingerprint density at radius 1 is 1.40 bits per heavy atom. The summed E-state index contributed by atoms with van der Waals surface area (Å²) >= 11 is 0. The summed E-state index contributed by atoms with van der Waals surface area (Å²) in [6.45, 7) is 0. The number of hydrogen-bond acceptors (Lipinski definition) is 4. The highest BCUT2D eigenvalue weighted by Gasteiger charge is 2.33. The molecule has 0 saturated heterocycles. The fourth-order valence-electron chi connectivity index (χ4n) is 1.51. The van der Waals surface area contributed by atoms with E-state index in [1.807, 2.05) is 0 Å². The molecule has 0 spiro atoms. The molecule has 0 fully saturated rings. The van der Waals surface area contributed by atoms with E-state index in [-0.39, 0.29) is 11.4 Å². The number of aromatic carboxylic acids is 1. The third-order valence-electron chi connectivity index (χ3n) is 2.38. The number of carboxylic acids is 1. The molecule has 0 bridgehead atoms. The summed E-state index contributed by atoms with van der Waals surface area (Å²) in [6.07, 6.45) is -1.83. The summed E-state index contributed by atoms with van der Waals surface area (Å²) in [4.78, 5) is 14.3. The number of anilines is 2. The topological polar surface area (TPSA) is 80.0 Å². The zero-order chi connectivity index (χ0) is 14.9. The Morgan fingerprint density at radius 3 is 2.60 bits per heavy atom. The maximum absolute atomic E-state index is 12.6. The van der Waals surface area contributed by atoms with Crippen LogP contribution in [0.2, 0.25) is 0 Å². The normalized spacial score (nSPS) is 11.4. The predicted octanol–water partition coefficient (Wildman–Crippen LogP) is 2.28. The van der Waals surface area contributed by atoms with Gasteiger partial charge in [0.15, 0.2) is 0 Å². The molecule has 9 heteroatoms. The Bertz CT molecular complexity index is 651. The lowest BCUT2D eigenvalue weighted by Gasteiger charge is -2.11. The SMILES string of the molecule is Cn1cc(Nc2nc(C(F)(F)F)ccc2C(=O)O)cn1. The number of carbonyl (C=O) groups is 1. The molecule has 2 aromatic heterocycles. The minimum Gasteiger partial charge on any atom is -0.478 e. The second-order valence-electron chi connectivity index (χ2n) is 3.92. The second-order valence-corrected chi connectivity index (χ2v) is 3.92. The van der Waals surface area contributed by atoms with Crippen molar-refractivity contribution >= 4 is 17.5 Å². The first-order valence-electron chi connectivity index (χ1n) is 5.34. The molecule has 0 saturated carbocycles. The average molecular weight is 286 g/mol. The minimum atomic E-state index is -4.65. The third kappa shape index (κ3) is 2.87. The molecule has 2 N–H and O–H groups in total. The zero-order valence-electron chi connectivity index (χ0n) is 10.1. The van der Waals surface area contributed by atoms with Crippen molar-refractivity contribution in [2.75, 3.05) is 5.32 Å². The fraction of sp³-hybridized carbons (Fsp3) is 0.182. The van der Waals surface area contributed by atoms with Crippen molar-refractivity contribution in [3.8, 4) is 0 Å². The largest absolute Gasteiger partial charge is 0.478 e. The molecule has 2 rings (SSSR count). The van der Waals surface area contributed by atoms with Crippen molar-refractivity contribution in [1.82, 2.24) is 14.8 Å². The number of halogens is 3. The monoisotopic (exact) mass is 286 g/mol. The van der Waals surface area contributed by atoms with Gasteiger partial charge in [0.05, 0.1) is 11.9 Å². The van der Waals surface area contributed by atoms with Gasteiger partial charge in [-0.3, -0.25) is 4.68 Å². The van der Waals surface area contributed by atoms with Crippen molar-refractivity contribution < 1.29 is 23.1 Å². The van der Waals surface area contributed by atoms with Gasteiger partial charge >= 0.3 is 12.1 Å². The smallest absolute Gasteiger partial charge is 0.433 e. The van der Waals surface area contributed by atoms with Gasteiger partial charge in [-0.25, -0.2) is 9.78 Å². The number of rotatable bonds is 3. The Kier molecular flexibility index (Phi) is 3.35. The predicted molar refractivity (Wildman–Crippen MR) is 62.7 cm³/mol. The summed E-state index contributed by atoms with van der Waals surface area (Å²) in [5, 5.41) is 15.3. The van der Waals surface area contributed by atoms with Crippen molar-refractivity contribution in [2.45, 2.75) is 6.18 Å². The molecule has 0 aromatic carbocycles. The molecule has 2 aromatic rings. The highest BCUT2D eigenvalue weighted by atomic mass is 19.4. The van der Waals surface area contributed by atoms with Crippen LogP contribution in [0.15, 0.2) is 24.5 Å². The molecule has 0 amide bonds. The van der Waals surface area contributed by atoms with Crippen LogP contribution in [0.3, 0.4) is 0 Å². The van der Waals surface area contributed by atoms with Gasteiger partial charge in [-0.1, -0.05) is 0 Å². The van der Waals surface area contributed by atoms with Crippen LogP contribution in [0.4, 0.5) is 24.7 Å². The van der Waals surface area contributed by atoms with Gasteiger partial charge in [-0.2, -0.15) is 18.3 Å². The maximum Gasteiger partial charge on any atom is 0.433 e. The van der Waals surface area contributed by atoms with Crippen LogP contribution in [0.1, 0.15) is 16.1 Å². The van der Waals surface area contributed by atoms with Gasteiger partial charge in [0.1, 0.15) is 17.1 Å². The van der Waals surface area contributed by atoms with Gasteiger partial charge in [0, 0.05) is 13.2 Å². The lowest BCUT2D eigenvalue weighted by molar-refractivity contribution is -0.141. The molecular formula is C11H9F3N4O2. The lowest BCUT2D eigenvalue weighted by atomic mass is 10.2. The van der Waals surface area contributed by atoms with E-state index in [1.54, 1.807) is 7.05 Å². The molecule has 106 valence electrons. The first-order valence-corrected chi connectivity index (χ1v) is 5.34. The molecule has 0 radical (unpaired) electrons. The van der Waals surface area contributed by atoms with E-state index in [9.17, 15) is 18.0 Å². The number of hydrogen-bond donors (Lipinski definition) is 2. The molecule has 0 unspecified atom stereocenters. The van der Waals surface area contributed by atoms with Gasteiger partial charge in [-0.05, 0) is 12.1 Å². The molecular weight excluding hydrogens is 277 g/mol. The minimum absolute atomic E-state index is 0.335. The Balaban J connectivity index is 2.44. The summed E-state index contributed by atoms with van der Waals surface area (Å²) in [5.41, 5.74) is -1.20. The Morgan fingerprint density at radius 2 is 2.10 bits per heavy atom. The van der Waals surface area contributed by atoms with Crippen LogP contribution in [0, 0.1) is 0 Å². The first kappa shape index (κ1) is 13.8. The Labute approximate surface area is 110 Å². The zero-order valence-corrected chi connectivity index (χ0v) is 10.1. The van der Waals surface area contributed by atoms with Crippen LogP contribution >= 0.6 is 0 Å². The number of nitrogens with zero attached hydrogens (tertiary/aromatic N) is 3. The number of pyridine rings is 1. The summed E-state index contributed by atoms with van der Waals surface area (Å²) in [5.74, 6) is -1.77. The highest BCUT2D eigenvalue weighted by Crippen LogP contribution is 2.30. The molecule has 20 heavy (non-hydrogen) atoms. The molecule has 2 heterocycles. The third-order valence-corrected chi connectivity index (χ3v) is 2.38. The number of nitrogens with one attached hydrogen (secondary N) is 1. The van der Waals surface area contributed by atoms with E-state index in [0.717, 1.165) is 6.07 Å². The quantitative estimate of drug-likeness (QED) is 0.904. The first-order chi connectivity index (χ1) is 9.27. The van der Waals surface area contributed by atoms with Gasteiger partial charge in [-0.15, -0.1) is 0 Å². The van der Waals surface area contributed by atoms with Crippen LogP contribution in [-0.4, -0.2) is 25.8 Å². The lowest BCUT2D eigenvalue weighted by Crippen LogP contribution is -2.12. The Hall–Kier alpha value is -2.58. The van der Waals surface area contributed by atoms with Crippen LogP contribution in [-0.2, 0) is 13.2 Å². The van der Waals surface area contributed by atoms with Crippen molar-refractivity contribution in [2.24, 2.45) is 7.05 Å². The molecule has 0 aliphatic carbocycles. The van der Waals surface area contributed by atoms with E-state index in [0.29, 0.717) is 11.8 Å². The van der Waals surface area contributed by atoms with E-state index < -0.39 is 17.8 Å². The second kappa shape index (κ2) is 4.83. The van der Waals surface area contributed by atoms with Gasteiger partial charge in [0.2, 0.25) is 0 Å². The molecule has 0 aliphatic heterocycles. The van der Waals surface area contributed by atoms with Gasteiger partial charge < -0.3 is 10.4 Å². The number of carboxylic acid groups (broad SMARTS) is 1. The van der Waals surface area contributed by atoms with Crippen LogP contribution < -0.4 is 5.32 Å². The number of aryl methyl sites for hydroxylation is 1. The van der Waals surface area contributed by atoms with E-state index >= 15 is 0 Å². The van der Waals surface area contributed by atoms with Crippen LogP contribution in [0.25, 0.3) is 0 Å². The maximum atomic E-state index is 12.6. The van der Waals surface area contributed by atoms with Crippen LogP contribution in [0.5, 0.6) is 0 Å². The number of aromatic nitrogens is 3. The highest BCUT2D eigenvalue weighted by molar-refractivity contribution is 5.93. The molecule has 6 nitrogen and oxygen atoms in total. The summed E-state index contributed by atoms with van der Waals surface area (Å²) in [6, 6.07) is 1.48. The summed E-state index contributed by atoms with van der Waals surface area (Å²) < 4.78 is 39.2. The fourth-order valence-corrected chi connectivity index (χ4v) is 1.51.